The number of hydrogen-bond donors (Lipinski definition) is 3. The molecule has 1 aliphatic rings. The molecule has 2 rings (SSSR count). The van der Waals surface area contributed by atoms with Gasteiger partial charge in [-0.1, -0.05) is 0 Å². The van der Waals surface area contributed by atoms with Crippen LogP contribution in [0.4, 0.5) is 4.39 Å². The zero-order chi connectivity index (χ0) is 12.5. The summed E-state index contributed by atoms with van der Waals surface area (Å²) in [6.45, 7) is 0.383. The lowest BCUT2D eigenvalue weighted by molar-refractivity contribution is 0.0931. The lowest BCUT2D eigenvalue weighted by atomic mass is 10.1. The molecule has 4 nitrogen and oxygen atoms in total. The molecule has 0 heterocycles. The summed E-state index contributed by atoms with van der Waals surface area (Å²) in [4.78, 5) is 11.7. The van der Waals surface area contributed by atoms with Gasteiger partial charge in [-0.2, -0.15) is 0 Å². The predicted molar refractivity (Wildman–Crippen MR) is 59.2 cm³/mol. The van der Waals surface area contributed by atoms with Gasteiger partial charge in [-0.15, -0.1) is 0 Å². The number of halogens is 1. The van der Waals surface area contributed by atoms with Crippen LogP contribution in [0.15, 0.2) is 18.2 Å². The van der Waals surface area contributed by atoms with Crippen molar-refractivity contribution in [3.05, 3.63) is 29.6 Å². The Balaban J connectivity index is 2.00. The van der Waals surface area contributed by atoms with E-state index in [1.165, 1.54) is 12.1 Å². The third kappa shape index (κ3) is 2.55. The molecule has 0 aromatic heterocycles. The first-order chi connectivity index (χ1) is 8.06. The molecule has 1 aromatic carbocycles. The van der Waals surface area contributed by atoms with Crippen LogP contribution in [0.1, 0.15) is 23.2 Å². The standard InChI is InChI=1S/C12H14FNO3/c13-10-5-8(16)1-2-9(10)11(17)14-6-12(7-15)3-4-12/h1-2,5,15-16H,3-4,6-7H2,(H,14,17). The van der Waals surface area contributed by atoms with Crippen LogP contribution >= 0.6 is 0 Å². The maximum absolute atomic E-state index is 13.3. The Kier molecular flexibility index (Phi) is 3.02. The number of aliphatic hydroxyl groups is 1. The number of aromatic hydroxyl groups is 1. The predicted octanol–water partition coefficient (Wildman–Crippen LogP) is 1.03. The first-order valence-corrected chi connectivity index (χ1v) is 5.44. The van der Waals surface area contributed by atoms with Crippen molar-refractivity contribution in [1.29, 1.82) is 0 Å². The number of phenols is 1. The molecule has 1 fully saturated rings. The molecule has 5 heteroatoms. The zero-order valence-electron chi connectivity index (χ0n) is 9.24. The second-order valence-electron chi connectivity index (χ2n) is 4.50. The molecule has 1 aromatic rings. The Labute approximate surface area is 98.1 Å². The first kappa shape index (κ1) is 11.9. The van der Waals surface area contributed by atoms with Crippen LogP contribution in [0.25, 0.3) is 0 Å². The van der Waals surface area contributed by atoms with Gasteiger partial charge in [-0.25, -0.2) is 4.39 Å². The molecule has 17 heavy (non-hydrogen) atoms. The van der Waals surface area contributed by atoms with Crippen molar-refractivity contribution in [2.45, 2.75) is 12.8 Å². The molecule has 3 N–H and O–H groups in total. The van der Waals surface area contributed by atoms with Gasteiger partial charge in [0.1, 0.15) is 11.6 Å². The van der Waals surface area contributed by atoms with Crippen LogP contribution in [-0.4, -0.2) is 29.3 Å². The Morgan fingerprint density at radius 3 is 2.71 bits per heavy atom. The van der Waals surface area contributed by atoms with E-state index in [4.69, 9.17) is 10.2 Å². The van der Waals surface area contributed by atoms with Gasteiger partial charge in [0.25, 0.3) is 5.91 Å². The van der Waals surface area contributed by atoms with E-state index in [-0.39, 0.29) is 23.3 Å². The summed E-state index contributed by atoms with van der Waals surface area (Å²) in [7, 11) is 0. The van der Waals surface area contributed by atoms with Crippen molar-refractivity contribution in [1.82, 2.24) is 5.32 Å². The van der Waals surface area contributed by atoms with Crippen molar-refractivity contribution < 1.29 is 19.4 Å². The van der Waals surface area contributed by atoms with E-state index in [1.54, 1.807) is 0 Å². The van der Waals surface area contributed by atoms with Gasteiger partial charge in [-0.05, 0) is 25.0 Å². The highest BCUT2D eigenvalue weighted by atomic mass is 19.1. The van der Waals surface area contributed by atoms with E-state index in [0.717, 1.165) is 18.9 Å². The third-order valence-corrected chi connectivity index (χ3v) is 3.11. The van der Waals surface area contributed by atoms with Crippen LogP contribution in [0.2, 0.25) is 0 Å². The summed E-state index contributed by atoms with van der Waals surface area (Å²) >= 11 is 0. The lowest BCUT2D eigenvalue weighted by Gasteiger charge is -2.12. The van der Waals surface area contributed by atoms with E-state index in [0.29, 0.717) is 6.54 Å². The Hall–Kier alpha value is -1.62. The van der Waals surface area contributed by atoms with Crippen molar-refractivity contribution in [2.24, 2.45) is 5.41 Å². The highest BCUT2D eigenvalue weighted by molar-refractivity contribution is 5.94. The van der Waals surface area contributed by atoms with Crippen LogP contribution in [0.5, 0.6) is 5.75 Å². The van der Waals surface area contributed by atoms with Crippen LogP contribution in [-0.2, 0) is 0 Å². The fourth-order valence-corrected chi connectivity index (χ4v) is 1.62. The maximum atomic E-state index is 13.3. The molecule has 0 unspecified atom stereocenters. The van der Waals surface area contributed by atoms with Crippen molar-refractivity contribution in [2.75, 3.05) is 13.2 Å². The topological polar surface area (TPSA) is 69.6 Å². The summed E-state index contributed by atoms with van der Waals surface area (Å²) in [6.07, 6.45) is 1.75. The smallest absolute Gasteiger partial charge is 0.254 e. The minimum atomic E-state index is -0.753. The molecular formula is C12H14FNO3. The molecule has 0 atom stereocenters. The second kappa shape index (κ2) is 4.33. The number of carbonyl (C=O) groups is 1. The number of amides is 1. The Morgan fingerprint density at radius 2 is 2.18 bits per heavy atom. The van der Waals surface area contributed by atoms with E-state index in [2.05, 4.69) is 5.32 Å². The third-order valence-electron chi connectivity index (χ3n) is 3.11. The van der Waals surface area contributed by atoms with Gasteiger partial charge in [0.15, 0.2) is 0 Å². The molecule has 0 saturated heterocycles. The minimum Gasteiger partial charge on any atom is -0.508 e. The average Bonchev–Trinajstić information content (AvgIpc) is 3.07. The molecule has 0 radical (unpaired) electrons. The van der Waals surface area contributed by atoms with E-state index < -0.39 is 11.7 Å². The van der Waals surface area contributed by atoms with Gasteiger partial charge < -0.3 is 15.5 Å². The molecule has 92 valence electrons. The summed E-state index contributed by atoms with van der Waals surface area (Å²) in [5.41, 5.74) is -0.306. The number of aliphatic hydroxyl groups excluding tert-OH is 1. The van der Waals surface area contributed by atoms with Crippen LogP contribution in [0, 0.1) is 11.2 Å². The van der Waals surface area contributed by atoms with Crippen molar-refractivity contribution in [3.8, 4) is 5.75 Å². The molecule has 0 bridgehead atoms. The molecule has 1 saturated carbocycles. The van der Waals surface area contributed by atoms with E-state index in [1.807, 2.05) is 0 Å². The lowest BCUT2D eigenvalue weighted by Crippen LogP contribution is -2.32. The second-order valence-corrected chi connectivity index (χ2v) is 4.50. The van der Waals surface area contributed by atoms with Gasteiger partial charge >= 0.3 is 0 Å². The number of hydrogen-bond acceptors (Lipinski definition) is 3. The number of phenolic OH excluding ortho intramolecular Hbond substituents is 1. The first-order valence-electron chi connectivity index (χ1n) is 5.44. The normalized spacial score (nSPS) is 16.6. The highest BCUT2D eigenvalue weighted by Crippen LogP contribution is 2.44. The molecule has 0 aliphatic heterocycles. The maximum Gasteiger partial charge on any atom is 0.254 e. The average molecular weight is 239 g/mol. The SMILES string of the molecule is O=C(NCC1(CO)CC1)c1ccc(O)cc1F. The fourth-order valence-electron chi connectivity index (χ4n) is 1.62. The van der Waals surface area contributed by atoms with Crippen LogP contribution in [0.3, 0.4) is 0 Å². The van der Waals surface area contributed by atoms with Crippen molar-refractivity contribution >= 4 is 5.91 Å². The largest absolute Gasteiger partial charge is 0.508 e. The molecule has 1 aliphatic carbocycles. The van der Waals surface area contributed by atoms with E-state index >= 15 is 0 Å². The quantitative estimate of drug-likeness (QED) is 0.735. The number of benzene rings is 1. The van der Waals surface area contributed by atoms with Gasteiger partial charge in [0.2, 0.25) is 0 Å². The number of nitrogens with one attached hydrogen (secondary N) is 1. The Bertz CT molecular complexity index is 443. The summed E-state index contributed by atoms with van der Waals surface area (Å²) in [5, 5.41) is 20.7. The van der Waals surface area contributed by atoms with Gasteiger partial charge in [-0.3, -0.25) is 4.79 Å². The zero-order valence-corrected chi connectivity index (χ0v) is 9.24. The van der Waals surface area contributed by atoms with Gasteiger partial charge in [0, 0.05) is 18.0 Å². The summed E-state index contributed by atoms with van der Waals surface area (Å²) < 4.78 is 13.3. The molecule has 1 amide bonds. The monoisotopic (exact) mass is 239 g/mol. The van der Waals surface area contributed by atoms with Gasteiger partial charge in [0.05, 0.1) is 12.2 Å². The minimum absolute atomic E-state index is 0.0331. The highest BCUT2D eigenvalue weighted by Gasteiger charge is 2.42. The van der Waals surface area contributed by atoms with E-state index in [9.17, 15) is 9.18 Å². The summed E-state index contributed by atoms with van der Waals surface area (Å²) in [6, 6.07) is 3.39. The Morgan fingerprint density at radius 1 is 1.47 bits per heavy atom. The van der Waals surface area contributed by atoms with Crippen LogP contribution < -0.4 is 5.32 Å². The number of carbonyl (C=O) groups excluding carboxylic acids is 1. The summed E-state index contributed by atoms with van der Waals surface area (Å²) in [5.74, 6) is -1.49. The molecular weight excluding hydrogens is 225 g/mol. The van der Waals surface area contributed by atoms with Crippen molar-refractivity contribution in [3.63, 3.8) is 0 Å². The fraction of sp³-hybridized carbons (Fsp3) is 0.417. The number of rotatable bonds is 4. The molecule has 0 spiro atoms.